The molecule has 0 atom stereocenters. The quantitative estimate of drug-likeness (QED) is 0.662. The summed E-state index contributed by atoms with van der Waals surface area (Å²) in [6.45, 7) is 0. The van der Waals surface area contributed by atoms with Gasteiger partial charge in [-0.2, -0.15) is 5.10 Å². The van der Waals surface area contributed by atoms with Gasteiger partial charge in [0.25, 0.3) is 9.05 Å². The first-order chi connectivity index (χ1) is 5.45. The number of ether oxygens (including phenoxy) is 1. The Bertz CT molecular complexity index is 383. The maximum Gasteiger partial charge on any atom is 0.280 e. The van der Waals surface area contributed by atoms with Crippen molar-refractivity contribution in [3.8, 4) is 5.88 Å². The van der Waals surface area contributed by atoms with Gasteiger partial charge in [-0.25, -0.2) is 13.1 Å². The molecule has 7 heteroatoms. The molecule has 0 spiro atoms. The maximum atomic E-state index is 10.7. The van der Waals surface area contributed by atoms with Gasteiger partial charge in [0.2, 0.25) is 5.88 Å². The fraction of sp³-hybridized carbons (Fsp3) is 0.400. The van der Waals surface area contributed by atoms with Crippen LogP contribution in [0.3, 0.4) is 0 Å². The van der Waals surface area contributed by atoms with Crippen LogP contribution in [0.2, 0.25) is 0 Å². The zero-order valence-electron chi connectivity index (χ0n) is 6.48. The largest absolute Gasteiger partial charge is 0.481 e. The third-order valence-corrected chi connectivity index (χ3v) is 2.45. The highest BCUT2D eigenvalue weighted by atomic mass is 35.7. The second-order valence-electron chi connectivity index (χ2n) is 2.09. The van der Waals surface area contributed by atoms with Crippen molar-refractivity contribution < 1.29 is 13.2 Å². The van der Waals surface area contributed by atoms with Crippen LogP contribution < -0.4 is 4.74 Å². The minimum Gasteiger partial charge on any atom is -0.481 e. The van der Waals surface area contributed by atoms with Gasteiger partial charge in [0.1, 0.15) is 0 Å². The summed E-state index contributed by atoms with van der Waals surface area (Å²) >= 11 is 0. The molecule has 0 aliphatic heterocycles. The number of rotatable bonds is 2. The van der Waals surface area contributed by atoms with Crippen LogP contribution >= 0.6 is 10.7 Å². The number of halogens is 1. The summed E-state index contributed by atoms with van der Waals surface area (Å²) in [5, 5.41) is 3.42. The highest BCUT2D eigenvalue weighted by Gasteiger charge is 2.16. The van der Waals surface area contributed by atoms with Crippen molar-refractivity contribution in [2.75, 3.05) is 7.11 Å². The van der Waals surface area contributed by atoms with Crippen molar-refractivity contribution in [1.82, 2.24) is 9.78 Å². The summed E-state index contributed by atoms with van der Waals surface area (Å²) in [7, 11) is 4.27. The molecule has 68 valence electrons. The average molecular weight is 211 g/mol. The van der Waals surface area contributed by atoms with E-state index < -0.39 is 9.05 Å². The van der Waals surface area contributed by atoms with E-state index in [1.807, 2.05) is 0 Å². The normalized spacial score (nSPS) is 11.6. The van der Waals surface area contributed by atoms with Gasteiger partial charge < -0.3 is 4.74 Å². The molecule has 0 fully saturated rings. The fourth-order valence-corrected chi connectivity index (χ4v) is 1.42. The van der Waals surface area contributed by atoms with Gasteiger partial charge in [0.05, 0.1) is 7.11 Å². The first-order valence-corrected chi connectivity index (χ1v) is 5.29. The van der Waals surface area contributed by atoms with Gasteiger partial charge in [-0.3, -0.25) is 0 Å². The van der Waals surface area contributed by atoms with Crippen LogP contribution in [0.15, 0.2) is 11.1 Å². The zero-order chi connectivity index (χ0) is 9.35. The third kappa shape index (κ3) is 1.70. The Morgan fingerprint density at radius 2 is 2.25 bits per heavy atom. The van der Waals surface area contributed by atoms with Crippen molar-refractivity contribution in [3.63, 3.8) is 0 Å². The second kappa shape index (κ2) is 2.95. The molecular formula is C5H7ClN2O3S. The van der Waals surface area contributed by atoms with Crippen LogP contribution in [0.5, 0.6) is 5.88 Å². The van der Waals surface area contributed by atoms with Crippen molar-refractivity contribution in [3.05, 3.63) is 6.07 Å². The van der Waals surface area contributed by atoms with Gasteiger partial charge in [-0.15, -0.1) is 0 Å². The summed E-state index contributed by atoms with van der Waals surface area (Å²) < 4.78 is 27.6. The van der Waals surface area contributed by atoms with Crippen molar-refractivity contribution in [2.24, 2.45) is 7.05 Å². The SMILES string of the molecule is COc1cc(S(=O)(=O)Cl)nn1C. The third-order valence-electron chi connectivity index (χ3n) is 1.27. The van der Waals surface area contributed by atoms with Crippen LogP contribution in [-0.2, 0) is 16.1 Å². The van der Waals surface area contributed by atoms with Gasteiger partial charge >= 0.3 is 0 Å². The van der Waals surface area contributed by atoms with Crippen LogP contribution in [0.4, 0.5) is 0 Å². The Kier molecular flexibility index (Phi) is 2.29. The van der Waals surface area contributed by atoms with E-state index in [4.69, 9.17) is 15.4 Å². The lowest BCUT2D eigenvalue weighted by molar-refractivity contribution is 0.373. The monoisotopic (exact) mass is 210 g/mol. The lowest BCUT2D eigenvalue weighted by atomic mass is 10.7. The topological polar surface area (TPSA) is 61.2 Å². The van der Waals surface area contributed by atoms with Crippen molar-refractivity contribution >= 4 is 19.7 Å². The molecule has 12 heavy (non-hydrogen) atoms. The number of hydrogen-bond donors (Lipinski definition) is 0. The molecule has 0 radical (unpaired) electrons. The molecule has 0 N–H and O–H groups in total. The van der Waals surface area contributed by atoms with Crippen LogP contribution in [-0.4, -0.2) is 25.3 Å². The lowest BCUT2D eigenvalue weighted by Gasteiger charge is -1.95. The first kappa shape index (κ1) is 9.34. The number of aryl methyl sites for hydroxylation is 1. The molecular weight excluding hydrogens is 204 g/mol. The number of nitrogens with zero attached hydrogens (tertiary/aromatic N) is 2. The summed E-state index contributed by atoms with van der Waals surface area (Å²) in [6.07, 6.45) is 0. The van der Waals surface area contributed by atoms with Crippen LogP contribution in [0.25, 0.3) is 0 Å². The summed E-state index contributed by atoms with van der Waals surface area (Å²) in [6, 6.07) is 1.25. The predicted octanol–water partition coefficient (Wildman–Crippen LogP) is 0.356. The summed E-state index contributed by atoms with van der Waals surface area (Å²) in [4.78, 5) is 0. The Labute approximate surface area is 74.3 Å². The summed E-state index contributed by atoms with van der Waals surface area (Å²) in [5.41, 5.74) is 0. The van der Waals surface area contributed by atoms with Gasteiger partial charge in [0.15, 0.2) is 5.03 Å². The summed E-state index contributed by atoms with van der Waals surface area (Å²) in [5.74, 6) is 0.342. The van der Waals surface area contributed by atoms with E-state index in [9.17, 15) is 8.42 Å². The minimum atomic E-state index is -3.75. The molecule has 1 aromatic heterocycles. The number of aromatic nitrogens is 2. The van der Waals surface area contributed by atoms with E-state index in [0.29, 0.717) is 5.88 Å². The predicted molar refractivity (Wildman–Crippen MR) is 42.8 cm³/mol. The van der Waals surface area contributed by atoms with E-state index in [2.05, 4.69) is 5.10 Å². The molecule has 0 amide bonds. The highest BCUT2D eigenvalue weighted by Crippen LogP contribution is 2.18. The molecule has 0 aliphatic carbocycles. The standard InChI is InChI=1S/C5H7ClN2O3S/c1-8-5(11-2)3-4(7-8)12(6,9)10/h3H,1-2H3. The molecule has 0 saturated heterocycles. The Morgan fingerprint density at radius 3 is 2.50 bits per heavy atom. The van der Waals surface area contributed by atoms with Crippen molar-refractivity contribution in [1.29, 1.82) is 0 Å². The average Bonchev–Trinajstić information content (AvgIpc) is 2.29. The lowest BCUT2D eigenvalue weighted by Crippen LogP contribution is -1.96. The highest BCUT2D eigenvalue weighted by molar-refractivity contribution is 8.13. The molecule has 1 heterocycles. The molecule has 1 rings (SSSR count). The van der Waals surface area contributed by atoms with Crippen LogP contribution in [0, 0.1) is 0 Å². The molecule has 0 unspecified atom stereocenters. The van der Waals surface area contributed by atoms with E-state index in [1.165, 1.54) is 17.9 Å². The van der Waals surface area contributed by atoms with Gasteiger partial charge in [-0.05, 0) is 0 Å². The smallest absolute Gasteiger partial charge is 0.280 e. The molecule has 0 bridgehead atoms. The van der Waals surface area contributed by atoms with Crippen molar-refractivity contribution in [2.45, 2.75) is 5.03 Å². The van der Waals surface area contributed by atoms with E-state index in [1.54, 1.807) is 7.05 Å². The van der Waals surface area contributed by atoms with Gasteiger partial charge in [-0.1, -0.05) is 0 Å². The molecule has 0 aromatic carbocycles. The Morgan fingerprint density at radius 1 is 1.67 bits per heavy atom. The maximum absolute atomic E-state index is 10.7. The van der Waals surface area contributed by atoms with E-state index in [-0.39, 0.29) is 5.03 Å². The van der Waals surface area contributed by atoms with Gasteiger partial charge in [0, 0.05) is 23.8 Å². The zero-order valence-corrected chi connectivity index (χ0v) is 8.06. The fourth-order valence-electron chi connectivity index (χ4n) is 0.735. The minimum absolute atomic E-state index is 0.205. The first-order valence-electron chi connectivity index (χ1n) is 2.98. The second-order valence-corrected chi connectivity index (χ2v) is 4.60. The molecule has 0 saturated carbocycles. The Hall–Kier alpha value is -0.750. The molecule has 0 aliphatic rings. The van der Waals surface area contributed by atoms with E-state index >= 15 is 0 Å². The van der Waals surface area contributed by atoms with E-state index in [0.717, 1.165) is 0 Å². The Balaban J connectivity index is 3.23. The molecule has 1 aromatic rings. The van der Waals surface area contributed by atoms with Crippen LogP contribution in [0.1, 0.15) is 0 Å². The number of methoxy groups -OCH3 is 1. The molecule has 5 nitrogen and oxygen atoms in total. The number of hydrogen-bond acceptors (Lipinski definition) is 4.